The van der Waals surface area contributed by atoms with Crippen molar-refractivity contribution in [1.29, 1.82) is 0 Å². The van der Waals surface area contributed by atoms with Gasteiger partial charge in [-0.2, -0.15) is 0 Å². The van der Waals surface area contributed by atoms with E-state index in [1.54, 1.807) is 36.7 Å². The normalized spacial score (nSPS) is 11.4. The van der Waals surface area contributed by atoms with E-state index in [4.69, 9.17) is 4.42 Å². The highest BCUT2D eigenvalue weighted by atomic mass is 32.2. The summed E-state index contributed by atoms with van der Waals surface area (Å²) in [6.45, 7) is 1.79. The fourth-order valence-corrected chi connectivity index (χ4v) is 3.85. The van der Waals surface area contributed by atoms with Gasteiger partial charge in [-0.15, -0.1) is 11.3 Å². The number of furan rings is 1. The fourth-order valence-electron chi connectivity index (χ4n) is 2.11. The molecule has 130 valence electrons. The van der Waals surface area contributed by atoms with E-state index in [9.17, 15) is 13.2 Å². The van der Waals surface area contributed by atoms with Crippen molar-refractivity contribution in [1.82, 2.24) is 9.71 Å². The van der Waals surface area contributed by atoms with Gasteiger partial charge in [0, 0.05) is 5.69 Å². The number of nitrogens with one attached hydrogen (secondary N) is 2. The van der Waals surface area contributed by atoms with E-state index >= 15 is 0 Å². The van der Waals surface area contributed by atoms with Gasteiger partial charge in [-0.05, 0) is 37.3 Å². The van der Waals surface area contributed by atoms with Gasteiger partial charge in [0.1, 0.15) is 10.6 Å². The van der Waals surface area contributed by atoms with Gasteiger partial charge in [-0.25, -0.2) is 18.1 Å². The highest BCUT2D eigenvalue weighted by Crippen LogP contribution is 2.19. The molecule has 0 saturated carbocycles. The lowest BCUT2D eigenvalue weighted by atomic mass is 10.3. The van der Waals surface area contributed by atoms with Crippen LogP contribution in [0.1, 0.15) is 21.1 Å². The van der Waals surface area contributed by atoms with Crippen molar-refractivity contribution in [3.05, 3.63) is 64.5 Å². The maximum Gasteiger partial charge on any atom is 0.267 e. The molecule has 2 N–H and O–H groups in total. The van der Waals surface area contributed by atoms with Gasteiger partial charge in [-0.1, -0.05) is 6.07 Å². The minimum Gasteiger partial charge on any atom is -0.468 e. The van der Waals surface area contributed by atoms with Crippen LogP contribution in [0.5, 0.6) is 0 Å². The zero-order chi connectivity index (χ0) is 17.9. The molecule has 0 saturated heterocycles. The van der Waals surface area contributed by atoms with Crippen LogP contribution in [0.2, 0.25) is 0 Å². The standard InChI is InChI=1S/C16H15N3O4S2/c1-11-15(24-10-17-11)16(20)19-12-4-2-6-14(8-12)25(21,22)18-9-13-5-3-7-23-13/h2-8,10,18H,9H2,1H3,(H,19,20). The molecule has 2 heterocycles. The van der Waals surface area contributed by atoms with E-state index in [1.165, 1.54) is 29.7 Å². The van der Waals surface area contributed by atoms with Gasteiger partial charge in [-0.3, -0.25) is 4.79 Å². The second kappa shape index (κ2) is 7.18. The largest absolute Gasteiger partial charge is 0.468 e. The Morgan fingerprint density at radius 1 is 1.28 bits per heavy atom. The van der Waals surface area contributed by atoms with Crippen LogP contribution in [-0.4, -0.2) is 19.3 Å². The van der Waals surface area contributed by atoms with Gasteiger partial charge in [0.05, 0.1) is 28.9 Å². The summed E-state index contributed by atoms with van der Waals surface area (Å²) in [5, 5.41) is 2.69. The van der Waals surface area contributed by atoms with Crippen molar-refractivity contribution in [3.63, 3.8) is 0 Å². The van der Waals surface area contributed by atoms with Crippen molar-refractivity contribution >= 4 is 33.0 Å². The lowest BCUT2D eigenvalue weighted by Crippen LogP contribution is -2.23. The van der Waals surface area contributed by atoms with E-state index in [0.29, 0.717) is 22.0 Å². The molecule has 0 bridgehead atoms. The maximum absolute atomic E-state index is 12.4. The van der Waals surface area contributed by atoms with Gasteiger partial charge in [0.2, 0.25) is 10.0 Å². The van der Waals surface area contributed by atoms with Crippen LogP contribution in [0.3, 0.4) is 0 Å². The van der Waals surface area contributed by atoms with E-state index in [1.807, 2.05) is 0 Å². The van der Waals surface area contributed by atoms with Crippen molar-refractivity contribution < 1.29 is 17.6 Å². The molecule has 3 rings (SSSR count). The van der Waals surface area contributed by atoms with Crippen molar-refractivity contribution in [2.75, 3.05) is 5.32 Å². The monoisotopic (exact) mass is 377 g/mol. The molecular weight excluding hydrogens is 362 g/mol. The predicted octanol–water partition coefficient (Wildman–Crippen LogP) is 2.78. The predicted molar refractivity (Wildman–Crippen MR) is 94.0 cm³/mol. The minimum atomic E-state index is -3.73. The Balaban J connectivity index is 1.74. The van der Waals surface area contributed by atoms with Gasteiger partial charge < -0.3 is 9.73 Å². The number of benzene rings is 1. The summed E-state index contributed by atoms with van der Waals surface area (Å²) in [4.78, 5) is 16.8. The van der Waals surface area contributed by atoms with Gasteiger partial charge in [0.15, 0.2) is 0 Å². The van der Waals surface area contributed by atoms with Gasteiger partial charge in [0.25, 0.3) is 5.91 Å². The third-order valence-electron chi connectivity index (χ3n) is 3.37. The molecule has 0 radical (unpaired) electrons. The number of sulfonamides is 1. The molecule has 25 heavy (non-hydrogen) atoms. The molecule has 0 spiro atoms. The molecule has 0 aliphatic rings. The Kier molecular flexibility index (Phi) is 4.98. The number of carbonyl (C=O) groups is 1. The average molecular weight is 377 g/mol. The number of aryl methyl sites for hydroxylation is 1. The number of carbonyl (C=O) groups excluding carboxylic acids is 1. The van der Waals surface area contributed by atoms with E-state index in [2.05, 4.69) is 15.0 Å². The molecule has 3 aromatic rings. The highest BCUT2D eigenvalue weighted by Gasteiger charge is 2.17. The average Bonchev–Trinajstić information content (AvgIpc) is 3.24. The second-order valence-corrected chi connectivity index (χ2v) is 7.77. The fraction of sp³-hybridized carbons (Fsp3) is 0.125. The van der Waals surface area contributed by atoms with E-state index in [0.717, 1.165) is 0 Å². The van der Waals surface area contributed by atoms with Crippen LogP contribution in [-0.2, 0) is 16.6 Å². The molecule has 0 unspecified atom stereocenters. The molecule has 0 atom stereocenters. The van der Waals surface area contributed by atoms with Crippen LogP contribution in [0.25, 0.3) is 0 Å². The first-order valence-corrected chi connectivity index (χ1v) is 9.65. The van der Waals surface area contributed by atoms with Crippen LogP contribution in [0.4, 0.5) is 5.69 Å². The first-order valence-electron chi connectivity index (χ1n) is 7.29. The first-order chi connectivity index (χ1) is 12.0. The number of anilines is 1. The summed E-state index contributed by atoms with van der Waals surface area (Å²) < 4.78 is 32.3. The Morgan fingerprint density at radius 3 is 2.80 bits per heavy atom. The third-order valence-corrected chi connectivity index (χ3v) is 5.70. The molecule has 2 aromatic heterocycles. The van der Waals surface area contributed by atoms with Crippen molar-refractivity contribution in [3.8, 4) is 0 Å². The summed E-state index contributed by atoms with van der Waals surface area (Å²) in [6, 6.07) is 9.41. The molecular formula is C16H15N3O4S2. The van der Waals surface area contributed by atoms with Crippen LogP contribution in [0, 0.1) is 6.92 Å². The molecule has 7 nitrogen and oxygen atoms in total. The van der Waals surface area contributed by atoms with Crippen LogP contribution >= 0.6 is 11.3 Å². The smallest absolute Gasteiger partial charge is 0.267 e. The summed E-state index contributed by atoms with van der Waals surface area (Å²) in [5.74, 6) is 0.187. The highest BCUT2D eigenvalue weighted by molar-refractivity contribution is 7.89. The molecule has 0 fully saturated rings. The second-order valence-electron chi connectivity index (χ2n) is 5.15. The Labute approximate surface area is 148 Å². The van der Waals surface area contributed by atoms with E-state index in [-0.39, 0.29) is 17.3 Å². The molecule has 1 aromatic carbocycles. The topological polar surface area (TPSA) is 101 Å². The summed E-state index contributed by atoms with van der Waals surface area (Å²) >= 11 is 1.23. The van der Waals surface area contributed by atoms with Gasteiger partial charge >= 0.3 is 0 Å². The Morgan fingerprint density at radius 2 is 2.12 bits per heavy atom. The summed E-state index contributed by atoms with van der Waals surface area (Å²) in [5.41, 5.74) is 2.61. The molecule has 9 heteroatoms. The number of hydrogen-bond donors (Lipinski definition) is 2. The van der Waals surface area contributed by atoms with Crippen molar-refractivity contribution in [2.45, 2.75) is 18.4 Å². The van der Waals surface area contributed by atoms with Crippen molar-refractivity contribution in [2.24, 2.45) is 0 Å². The lowest BCUT2D eigenvalue weighted by molar-refractivity contribution is 0.102. The number of aromatic nitrogens is 1. The number of thiazole rings is 1. The zero-order valence-corrected chi connectivity index (χ0v) is 14.9. The quantitative estimate of drug-likeness (QED) is 0.688. The minimum absolute atomic E-state index is 0.0476. The summed E-state index contributed by atoms with van der Waals surface area (Å²) in [7, 11) is -3.73. The molecule has 1 amide bonds. The third kappa shape index (κ3) is 4.13. The van der Waals surface area contributed by atoms with Crippen LogP contribution < -0.4 is 10.0 Å². The number of amides is 1. The summed E-state index contributed by atoms with van der Waals surface area (Å²) in [6.07, 6.45) is 1.47. The first kappa shape index (κ1) is 17.3. The number of nitrogens with zero attached hydrogens (tertiary/aromatic N) is 1. The molecule has 0 aliphatic carbocycles. The van der Waals surface area contributed by atoms with E-state index < -0.39 is 10.0 Å². The van der Waals surface area contributed by atoms with Crippen LogP contribution in [0.15, 0.2) is 57.5 Å². The Bertz CT molecular complexity index is 978. The number of hydrogen-bond acceptors (Lipinski definition) is 6. The molecule has 0 aliphatic heterocycles. The SMILES string of the molecule is Cc1ncsc1C(=O)Nc1cccc(S(=O)(=O)NCc2ccco2)c1. The lowest BCUT2D eigenvalue weighted by Gasteiger charge is -2.08. The maximum atomic E-state index is 12.4. The number of rotatable bonds is 6. The Hall–Kier alpha value is -2.49. The zero-order valence-electron chi connectivity index (χ0n) is 13.2.